The lowest BCUT2D eigenvalue weighted by Gasteiger charge is -2.65. The summed E-state index contributed by atoms with van der Waals surface area (Å²) in [5.41, 5.74) is 6.74. The molecular weight excluding hydrogens is 452 g/mol. The van der Waals surface area contributed by atoms with Crippen LogP contribution >= 0.6 is 0 Å². The molecule has 6 nitrogen and oxygen atoms in total. The second-order valence-electron chi connectivity index (χ2n) is 13.4. The number of ether oxygens (including phenoxy) is 1. The summed E-state index contributed by atoms with van der Waals surface area (Å²) in [6.45, 7) is 10.6. The van der Waals surface area contributed by atoms with Gasteiger partial charge in [0.2, 0.25) is 0 Å². The van der Waals surface area contributed by atoms with Crippen molar-refractivity contribution in [3.05, 3.63) is 35.9 Å². The van der Waals surface area contributed by atoms with Gasteiger partial charge in [0.25, 0.3) is 0 Å². The minimum atomic E-state index is -0.537. The number of carboxylic acids is 1. The summed E-state index contributed by atoms with van der Waals surface area (Å²) in [5.74, 6) is 0.0715. The van der Waals surface area contributed by atoms with Gasteiger partial charge in [-0.3, -0.25) is 4.79 Å². The Kier molecular flexibility index (Phi) is 7.24. The van der Waals surface area contributed by atoms with E-state index in [9.17, 15) is 14.7 Å². The summed E-state index contributed by atoms with van der Waals surface area (Å²) in [6, 6.07) is 11.1. The maximum Gasteiger partial charge on any atom is 0.410 e. The monoisotopic (exact) mass is 498 g/mol. The van der Waals surface area contributed by atoms with Gasteiger partial charge in [-0.2, -0.15) is 0 Å². The molecule has 4 aliphatic carbocycles. The number of rotatable bonds is 3. The fourth-order valence-corrected chi connectivity index (χ4v) is 8.18. The average Bonchev–Trinajstić information content (AvgIpc) is 2.78. The molecule has 4 saturated carbocycles. The highest BCUT2D eigenvalue weighted by molar-refractivity contribution is 5.76. The highest BCUT2D eigenvalue weighted by Crippen LogP contribution is 2.71. The summed E-state index contributed by atoms with van der Waals surface area (Å²) in [6.07, 6.45) is 8.98. The lowest BCUT2D eigenvalue weighted by molar-refractivity contribution is -0.179. The van der Waals surface area contributed by atoms with Crippen molar-refractivity contribution in [1.82, 2.24) is 4.90 Å². The summed E-state index contributed by atoms with van der Waals surface area (Å²) >= 11 is 0. The largest absolute Gasteiger partial charge is 0.481 e. The number of nitrogens with zero attached hydrogens (tertiary/aromatic N) is 1. The standard InChI is InChI=1S/C19H24O2.C11H22N2O2/c1-2-17-8-14-9-18(11-17,15-6-4-3-5-7-15)13-19(10-14,12-17)16(20)21;1-8-7-9(12)5-6-13(8)10(14)15-11(2,3)4/h3-7,14H,2,8-13H2,1H3,(H,20,21);8-9H,5-7,12H2,1-4H3/t;8-,9-/m.0/s1. The first-order chi connectivity index (χ1) is 16.8. The number of carbonyl (C=O) groups is 2. The van der Waals surface area contributed by atoms with Gasteiger partial charge in [0, 0.05) is 18.6 Å². The first-order valence-corrected chi connectivity index (χ1v) is 13.9. The van der Waals surface area contributed by atoms with E-state index in [0.717, 1.165) is 38.5 Å². The van der Waals surface area contributed by atoms with Gasteiger partial charge >= 0.3 is 12.1 Å². The Bertz CT molecular complexity index is 959. The van der Waals surface area contributed by atoms with E-state index >= 15 is 0 Å². The molecule has 0 aromatic heterocycles. The van der Waals surface area contributed by atoms with Gasteiger partial charge in [-0.15, -0.1) is 0 Å². The van der Waals surface area contributed by atoms with Crippen LogP contribution in [0.4, 0.5) is 4.79 Å². The van der Waals surface area contributed by atoms with Crippen LogP contribution in [0.3, 0.4) is 0 Å². The molecule has 200 valence electrons. The van der Waals surface area contributed by atoms with Crippen LogP contribution in [0.1, 0.15) is 98.0 Å². The summed E-state index contributed by atoms with van der Waals surface area (Å²) in [7, 11) is 0. The summed E-state index contributed by atoms with van der Waals surface area (Å²) in [4.78, 5) is 25.7. The molecule has 3 N–H and O–H groups in total. The number of carboxylic acid groups (broad SMARTS) is 1. The molecule has 6 heteroatoms. The van der Waals surface area contributed by atoms with E-state index in [2.05, 4.69) is 37.3 Å². The Balaban J connectivity index is 0.000000181. The van der Waals surface area contributed by atoms with Crippen molar-refractivity contribution in [2.24, 2.45) is 22.5 Å². The number of nitrogens with two attached hydrogens (primary N) is 1. The molecule has 6 atom stereocenters. The molecule has 36 heavy (non-hydrogen) atoms. The number of hydrogen-bond donors (Lipinski definition) is 2. The van der Waals surface area contributed by atoms with Crippen molar-refractivity contribution in [3.63, 3.8) is 0 Å². The number of aliphatic carboxylic acids is 1. The first kappa shape index (κ1) is 27.0. The van der Waals surface area contributed by atoms with Crippen LogP contribution in [0.25, 0.3) is 0 Å². The zero-order chi connectivity index (χ0) is 26.4. The van der Waals surface area contributed by atoms with Crippen LogP contribution in [0.2, 0.25) is 0 Å². The topological polar surface area (TPSA) is 92.9 Å². The fraction of sp³-hybridized carbons (Fsp3) is 0.733. The van der Waals surface area contributed by atoms with E-state index in [1.165, 1.54) is 24.8 Å². The molecular formula is C30H46N2O4. The minimum Gasteiger partial charge on any atom is -0.481 e. The zero-order valence-corrected chi connectivity index (χ0v) is 22.9. The van der Waals surface area contributed by atoms with Crippen molar-refractivity contribution in [1.29, 1.82) is 0 Å². The normalized spacial score (nSPS) is 37.2. The SMILES string of the molecule is CCC12CC3CC(C(=O)O)(C1)CC(c1ccccc1)(C3)C2.C[C@H]1C[C@@H](N)CCN1C(=O)OC(C)(C)C. The second kappa shape index (κ2) is 9.66. The molecule has 5 aliphatic rings. The minimum absolute atomic E-state index is 0.120. The van der Waals surface area contributed by atoms with Crippen molar-refractivity contribution in [3.8, 4) is 0 Å². The number of benzene rings is 1. The van der Waals surface area contributed by atoms with Crippen molar-refractivity contribution in [2.75, 3.05) is 6.54 Å². The van der Waals surface area contributed by atoms with Crippen LogP contribution in [0.15, 0.2) is 30.3 Å². The third kappa shape index (κ3) is 5.29. The quantitative estimate of drug-likeness (QED) is 0.523. The molecule has 1 saturated heterocycles. The molecule has 1 aliphatic heterocycles. The molecule has 4 unspecified atom stereocenters. The molecule has 5 fully saturated rings. The number of carbonyl (C=O) groups excluding carboxylic acids is 1. The molecule has 1 amide bonds. The molecule has 0 spiro atoms. The van der Waals surface area contributed by atoms with E-state index in [-0.39, 0.29) is 29.0 Å². The van der Waals surface area contributed by atoms with E-state index in [0.29, 0.717) is 12.5 Å². The average molecular weight is 499 g/mol. The predicted molar refractivity (Wildman–Crippen MR) is 142 cm³/mol. The maximum atomic E-state index is 12.1. The maximum absolute atomic E-state index is 12.1. The first-order valence-electron chi connectivity index (χ1n) is 13.9. The molecule has 0 radical (unpaired) electrons. The van der Waals surface area contributed by atoms with Crippen molar-refractivity contribution in [2.45, 2.75) is 116 Å². The Labute approximate surface area is 217 Å². The van der Waals surface area contributed by atoms with Crippen LogP contribution in [0.5, 0.6) is 0 Å². The molecule has 1 aromatic rings. The summed E-state index contributed by atoms with van der Waals surface area (Å²) < 4.78 is 5.33. The highest BCUT2D eigenvalue weighted by atomic mass is 16.6. The van der Waals surface area contributed by atoms with Gasteiger partial charge in [0.15, 0.2) is 0 Å². The van der Waals surface area contributed by atoms with Gasteiger partial charge in [-0.05, 0) is 101 Å². The van der Waals surface area contributed by atoms with Crippen LogP contribution < -0.4 is 5.73 Å². The Morgan fingerprint density at radius 2 is 1.81 bits per heavy atom. The lowest BCUT2D eigenvalue weighted by Crippen LogP contribution is -2.60. The Morgan fingerprint density at radius 3 is 2.39 bits per heavy atom. The van der Waals surface area contributed by atoms with Gasteiger partial charge in [-0.25, -0.2) is 4.79 Å². The summed E-state index contributed by atoms with van der Waals surface area (Å²) in [5, 5.41) is 9.95. The number of likely N-dealkylation sites (tertiary alicyclic amines) is 1. The molecule has 6 rings (SSSR count). The predicted octanol–water partition coefficient (Wildman–Crippen LogP) is 6.12. The van der Waals surface area contributed by atoms with Crippen LogP contribution in [0, 0.1) is 16.7 Å². The highest BCUT2D eigenvalue weighted by Gasteiger charge is 2.65. The Hall–Kier alpha value is -2.08. The Morgan fingerprint density at radius 1 is 1.11 bits per heavy atom. The van der Waals surface area contributed by atoms with Crippen molar-refractivity contribution >= 4 is 12.1 Å². The van der Waals surface area contributed by atoms with E-state index in [1.807, 2.05) is 27.7 Å². The number of amides is 1. The number of piperidine rings is 1. The molecule has 1 aromatic carbocycles. The van der Waals surface area contributed by atoms with Crippen molar-refractivity contribution < 1.29 is 19.4 Å². The third-order valence-corrected chi connectivity index (χ3v) is 9.32. The lowest BCUT2D eigenvalue weighted by atomic mass is 9.38. The van der Waals surface area contributed by atoms with E-state index in [1.54, 1.807) is 4.90 Å². The smallest absolute Gasteiger partial charge is 0.410 e. The van der Waals surface area contributed by atoms with E-state index in [4.69, 9.17) is 10.5 Å². The zero-order valence-electron chi connectivity index (χ0n) is 22.9. The van der Waals surface area contributed by atoms with Gasteiger partial charge in [-0.1, -0.05) is 43.7 Å². The van der Waals surface area contributed by atoms with Crippen LogP contribution in [-0.2, 0) is 14.9 Å². The van der Waals surface area contributed by atoms with Gasteiger partial charge in [0.05, 0.1) is 5.41 Å². The number of hydrogen-bond acceptors (Lipinski definition) is 4. The molecule has 4 bridgehead atoms. The van der Waals surface area contributed by atoms with Crippen LogP contribution in [-0.4, -0.2) is 46.3 Å². The second-order valence-corrected chi connectivity index (χ2v) is 13.4. The van der Waals surface area contributed by atoms with E-state index < -0.39 is 17.0 Å². The van der Waals surface area contributed by atoms with Gasteiger partial charge < -0.3 is 20.5 Å². The van der Waals surface area contributed by atoms with Gasteiger partial charge in [0.1, 0.15) is 5.60 Å². The third-order valence-electron chi connectivity index (χ3n) is 9.32. The fourth-order valence-electron chi connectivity index (χ4n) is 8.18. The molecule has 1 heterocycles.